The summed E-state index contributed by atoms with van der Waals surface area (Å²) in [5, 5.41) is 6.64. The second-order valence-corrected chi connectivity index (χ2v) is 5.93. The van der Waals surface area contributed by atoms with Crippen molar-refractivity contribution in [2.24, 2.45) is 10.9 Å². The summed E-state index contributed by atoms with van der Waals surface area (Å²) >= 11 is 0. The lowest BCUT2D eigenvalue weighted by molar-refractivity contribution is 0.0171. The third-order valence-corrected chi connectivity index (χ3v) is 3.40. The van der Waals surface area contributed by atoms with Gasteiger partial charge in [-0.2, -0.15) is 0 Å². The molecule has 0 saturated carbocycles. The Hall–Kier alpha value is -0.0800. The Labute approximate surface area is 153 Å². The van der Waals surface area contributed by atoms with E-state index in [9.17, 15) is 0 Å². The summed E-state index contributed by atoms with van der Waals surface area (Å²) in [7, 11) is 0. The van der Waals surface area contributed by atoms with Crippen LogP contribution in [0.25, 0.3) is 0 Å². The second-order valence-electron chi connectivity index (χ2n) is 5.93. The zero-order chi connectivity index (χ0) is 15.3. The Morgan fingerprint density at radius 3 is 2.82 bits per heavy atom. The van der Waals surface area contributed by atoms with Gasteiger partial charge in [-0.25, -0.2) is 0 Å². The van der Waals surface area contributed by atoms with E-state index in [1.807, 2.05) is 0 Å². The fraction of sp³-hybridized carbons (Fsp3) is 0.938. The molecule has 22 heavy (non-hydrogen) atoms. The molecule has 1 fully saturated rings. The van der Waals surface area contributed by atoms with Crippen LogP contribution in [0.5, 0.6) is 0 Å². The second kappa shape index (κ2) is 14.5. The summed E-state index contributed by atoms with van der Waals surface area (Å²) in [4.78, 5) is 4.56. The number of hydrogen-bond acceptors (Lipinski definition) is 3. The average Bonchev–Trinajstić information content (AvgIpc) is 2.95. The van der Waals surface area contributed by atoms with E-state index in [1.54, 1.807) is 0 Å². The van der Waals surface area contributed by atoms with Gasteiger partial charge in [0, 0.05) is 32.8 Å². The molecule has 0 aromatic carbocycles. The molecule has 0 radical (unpaired) electrons. The SMILES string of the molecule is CCNC(=NCCCOCC1CCCO1)NCCC(C)C.I. The summed E-state index contributed by atoms with van der Waals surface area (Å²) in [5.41, 5.74) is 0. The van der Waals surface area contributed by atoms with Crippen molar-refractivity contribution in [3.05, 3.63) is 0 Å². The number of aliphatic imine (C=N–C) groups is 1. The van der Waals surface area contributed by atoms with Gasteiger partial charge >= 0.3 is 0 Å². The maximum Gasteiger partial charge on any atom is 0.191 e. The zero-order valence-corrected chi connectivity index (χ0v) is 16.7. The summed E-state index contributed by atoms with van der Waals surface area (Å²) in [6, 6.07) is 0. The van der Waals surface area contributed by atoms with Gasteiger partial charge in [-0.1, -0.05) is 13.8 Å². The van der Waals surface area contributed by atoms with Crippen molar-refractivity contribution in [2.45, 2.75) is 52.6 Å². The average molecular weight is 427 g/mol. The zero-order valence-electron chi connectivity index (χ0n) is 14.4. The van der Waals surface area contributed by atoms with Gasteiger partial charge in [0.1, 0.15) is 0 Å². The molecule has 1 saturated heterocycles. The predicted octanol–water partition coefficient (Wildman–Crippen LogP) is 2.79. The molecule has 1 rings (SSSR count). The minimum Gasteiger partial charge on any atom is -0.379 e. The van der Waals surface area contributed by atoms with Crippen molar-refractivity contribution < 1.29 is 9.47 Å². The quantitative estimate of drug-likeness (QED) is 0.244. The van der Waals surface area contributed by atoms with Crippen LogP contribution in [-0.4, -0.2) is 51.5 Å². The van der Waals surface area contributed by atoms with Crippen molar-refractivity contribution in [1.82, 2.24) is 10.6 Å². The highest BCUT2D eigenvalue weighted by Gasteiger charge is 2.14. The van der Waals surface area contributed by atoms with Gasteiger partial charge in [0.2, 0.25) is 0 Å². The molecule has 132 valence electrons. The lowest BCUT2D eigenvalue weighted by Crippen LogP contribution is -2.38. The topological polar surface area (TPSA) is 54.9 Å². The van der Waals surface area contributed by atoms with E-state index in [-0.39, 0.29) is 24.0 Å². The minimum atomic E-state index is 0. The van der Waals surface area contributed by atoms with Crippen LogP contribution in [0, 0.1) is 5.92 Å². The molecule has 1 aliphatic rings. The summed E-state index contributed by atoms with van der Waals surface area (Å²) < 4.78 is 11.2. The third kappa shape index (κ3) is 11.5. The van der Waals surface area contributed by atoms with Crippen molar-refractivity contribution >= 4 is 29.9 Å². The molecule has 0 spiro atoms. The molecule has 1 unspecified atom stereocenters. The molecule has 2 N–H and O–H groups in total. The van der Waals surface area contributed by atoms with Gasteiger partial charge < -0.3 is 20.1 Å². The van der Waals surface area contributed by atoms with Crippen molar-refractivity contribution in [3.8, 4) is 0 Å². The van der Waals surface area contributed by atoms with E-state index in [0.717, 1.165) is 64.7 Å². The molecule has 0 amide bonds. The fourth-order valence-electron chi connectivity index (χ4n) is 2.17. The van der Waals surface area contributed by atoms with Crippen molar-refractivity contribution in [2.75, 3.05) is 39.5 Å². The van der Waals surface area contributed by atoms with Crippen LogP contribution in [0.3, 0.4) is 0 Å². The van der Waals surface area contributed by atoms with Crippen LogP contribution >= 0.6 is 24.0 Å². The number of ether oxygens (including phenoxy) is 2. The van der Waals surface area contributed by atoms with Gasteiger partial charge in [0.15, 0.2) is 5.96 Å². The van der Waals surface area contributed by atoms with Crippen LogP contribution in [0.2, 0.25) is 0 Å². The first-order chi connectivity index (χ1) is 10.2. The Kier molecular flexibility index (Phi) is 14.5. The van der Waals surface area contributed by atoms with E-state index in [1.165, 1.54) is 6.42 Å². The van der Waals surface area contributed by atoms with E-state index in [0.29, 0.717) is 12.0 Å². The molecular formula is C16H34IN3O2. The first kappa shape index (κ1) is 21.9. The number of nitrogens with one attached hydrogen (secondary N) is 2. The standard InChI is InChI=1S/C16H33N3O2.HI/c1-4-17-16(19-10-8-14(2)3)18-9-6-11-20-13-15-7-5-12-21-15;/h14-15H,4-13H2,1-3H3,(H2,17,18,19);1H. The number of hydrogen-bond donors (Lipinski definition) is 2. The molecule has 1 aliphatic heterocycles. The van der Waals surface area contributed by atoms with Gasteiger partial charge in [-0.3, -0.25) is 4.99 Å². The monoisotopic (exact) mass is 427 g/mol. The van der Waals surface area contributed by atoms with E-state index < -0.39 is 0 Å². The lowest BCUT2D eigenvalue weighted by Gasteiger charge is -2.12. The number of halogens is 1. The minimum absolute atomic E-state index is 0. The Morgan fingerprint density at radius 2 is 2.18 bits per heavy atom. The smallest absolute Gasteiger partial charge is 0.191 e. The molecule has 0 aromatic heterocycles. The normalized spacial score (nSPS) is 18.4. The van der Waals surface area contributed by atoms with Crippen LogP contribution in [0.15, 0.2) is 4.99 Å². The molecule has 0 aromatic rings. The first-order valence-electron chi connectivity index (χ1n) is 8.44. The summed E-state index contributed by atoms with van der Waals surface area (Å²) in [6.07, 6.45) is 4.75. The van der Waals surface area contributed by atoms with Gasteiger partial charge in [0.05, 0.1) is 12.7 Å². The highest BCUT2D eigenvalue weighted by atomic mass is 127. The summed E-state index contributed by atoms with van der Waals surface area (Å²) in [5.74, 6) is 1.63. The van der Waals surface area contributed by atoms with E-state index >= 15 is 0 Å². The third-order valence-electron chi connectivity index (χ3n) is 3.40. The molecule has 1 heterocycles. The first-order valence-corrected chi connectivity index (χ1v) is 8.44. The van der Waals surface area contributed by atoms with E-state index in [4.69, 9.17) is 9.47 Å². The highest BCUT2D eigenvalue weighted by molar-refractivity contribution is 14.0. The maximum absolute atomic E-state index is 5.64. The van der Waals surface area contributed by atoms with Crippen LogP contribution < -0.4 is 10.6 Å². The van der Waals surface area contributed by atoms with Gasteiger partial charge in [0.25, 0.3) is 0 Å². The largest absolute Gasteiger partial charge is 0.379 e. The molecule has 5 nitrogen and oxygen atoms in total. The Morgan fingerprint density at radius 1 is 1.36 bits per heavy atom. The molecular weight excluding hydrogens is 393 g/mol. The van der Waals surface area contributed by atoms with Gasteiger partial charge in [-0.05, 0) is 38.5 Å². The van der Waals surface area contributed by atoms with E-state index in [2.05, 4.69) is 36.4 Å². The molecule has 0 bridgehead atoms. The Bertz CT molecular complexity index is 283. The maximum atomic E-state index is 5.64. The lowest BCUT2D eigenvalue weighted by atomic mass is 10.1. The van der Waals surface area contributed by atoms with Crippen LogP contribution in [0.4, 0.5) is 0 Å². The van der Waals surface area contributed by atoms with Crippen molar-refractivity contribution in [3.63, 3.8) is 0 Å². The molecule has 1 atom stereocenters. The number of nitrogens with zero attached hydrogens (tertiary/aromatic N) is 1. The summed E-state index contributed by atoms with van der Waals surface area (Å²) in [6.45, 7) is 11.6. The predicted molar refractivity (Wildman–Crippen MR) is 103 cm³/mol. The van der Waals surface area contributed by atoms with Gasteiger partial charge in [-0.15, -0.1) is 24.0 Å². The number of rotatable bonds is 10. The molecule has 0 aliphatic carbocycles. The number of guanidine groups is 1. The van der Waals surface area contributed by atoms with Crippen molar-refractivity contribution in [1.29, 1.82) is 0 Å². The Balaban J connectivity index is 0.00000441. The van der Waals surface area contributed by atoms with Crippen LogP contribution in [0.1, 0.15) is 46.5 Å². The highest BCUT2D eigenvalue weighted by Crippen LogP contribution is 2.11. The van der Waals surface area contributed by atoms with Crippen LogP contribution in [-0.2, 0) is 9.47 Å². The molecule has 6 heteroatoms. The fourth-order valence-corrected chi connectivity index (χ4v) is 2.17.